The molecule has 0 spiro atoms. The molecule has 0 amide bonds. The molecule has 6 heteroatoms. The van der Waals surface area contributed by atoms with Crippen molar-refractivity contribution in [2.45, 2.75) is 37.6 Å². The van der Waals surface area contributed by atoms with Crippen LogP contribution in [0.5, 0.6) is 0 Å². The highest BCUT2D eigenvalue weighted by atomic mass is 32.2. The van der Waals surface area contributed by atoms with Gasteiger partial charge in [0.1, 0.15) is 0 Å². The van der Waals surface area contributed by atoms with E-state index in [1.54, 1.807) is 31.2 Å². The zero-order chi connectivity index (χ0) is 15.0. The van der Waals surface area contributed by atoms with Crippen molar-refractivity contribution in [3.8, 4) is 0 Å². The van der Waals surface area contributed by atoms with Gasteiger partial charge in [-0.25, -0.2) is 13.1 Å². The summed E-state index contributed by atoms with van der Waals surface area (Å²) in [6, 6.07) is 6.45. The van der Waals surface area contributed by atoms with Crippen LogP contribution >= 0.6 is 0 Å². The van der Waals surface area contributed by atoms with E-state index in [0.717, 1.165) is 12.0 Å². The van der Waals surface area contributed by atoms with Crippen molar-refractivity contribution in [1.29, 1.82) is 0 Å². The lowest BCUT2D eigenvalue weighted by atomic mass is 10.1. The van der Waals surface area contributed by atoms with Crippen molar-refractivity contribution in [2.24, 2.45) is 0 Å². The van der Waals surface area contributed by atoms with E-state index in [9.17, 15) is 8.42 Å². The second-order valence-corrected chi connectivity index (χ2v) is 6.37. The SMILES string of the molecule is CCOCC(C)NS(=O)(=O)c1ccc(CCCO)cc1. The molecular weight excluding hydrogens is 278 g/mol. The van der Waals surface area contributed by atoms with E-state index < -0.39 is 10.0 Å². The Hall–Kier alpha value is -0.950. The third-order valence-corrected chi connectivity index (χ3v) is 4.39. The monoisotopic (exact) mass is 301 g/mol. The van der Waals surface area contributed by atoms with Gasteiger partial charge in [-0.3, -0.25) is 0 Å². The first-order chi connectivity index (χ1) is 9.49. The van der Waals surface area contributed by atoms with Crippen LogP contribution in [0.4, 0.5) is 0 Å². The van der Waals surface area contributed by atoms with Crippen LogP contribution in [0.25, 0.3) is 0 Å². The number of benzene rings is 1. The molecule has 1 aromatic rings. The third-order valence-electron chi connectivity index (χ3n) is 2.79. The molecule has 0 aliphatic carbocycles. The van der Waals surface area contributed by atoms with Crippen molar-refractivity contribution in [1.82, 2.24) is 4.72 Å². The van der Waals surface area contributed by atoms with Gasteiger partial charge in [0.2, 0.25) is 10.0 Å². The van der Waals surface area contributed by atoms with Gasteiger partial charge >= 0.3 is 0 Å². The normalized spacial score (nSPS) is 13.3. The molecule has 0 saturated carbocycles. The smallest absolute Gasteiger partial charge is 0.240 e. The Balaban J connectivity index is 2.67. The van der Waals surface area contributed by atoms with E-state index in [2.05, 4.69) is 4.72 Å². The quantitative estimate of drug-likeness (QED) is 0.721. The molecule has 1 aromatic carbocycles. The highest BCUT2D eigenvalue weighted by molar-refractivity contribution is 7.89. The molecule has 114 valence electrons. The zero-order valence-corrected chi connectivity index (χ0v) is 12.8. The highest BCUT2D eigenvalue weighted by Gasteiger charge is 2.17. The van der Waals surface area contributed by atoms with Gasteiger partial charge in [0.15, 0.2) is 0 Å². The zero-order valence-electron chi connectivity index (χ0n) is 12.0. The number of nitrogens with one attached hydrogen (secondary N) is 1. The maximum Gasteiger partial charge on any atom is 0.240 e. The maximum absolute atomic E-state index is 12.1. The molecule has 0 heterocycles. The molecule has 0 fully saturated rings. The van der Waals surface area contributed by atoms with Gasteiger partial charge in [-0.2, -0.15) is 0 Å². The summed E-state index contributed by atoms with van der Waals surface area (Å²) in [6.07, 6.45) is 1.42. The first-order valence-corrected chi connectivity index (χ1v) is 8.27. The standard InChI is InChI=1S/C14H23NO4S/c1-3-19-11-12(2)15-20(17,18)14-8-6-13(7-9-14)5-4-10-16/h6-9,12,15-16H,3-5,10-11H2,1-2H3. The number of ether oxygens (including phenoxy) is 1. The van der Waals surface area contributed by atoms with E-state index in [0.29, 0.717) is 19.6 Å². The predicted molar refractivity (Wildman–Crippen MR) is 78.1 cm³/mol. The van der Waals surface area contributed by atoms with Crippen molar-refractivity contribution < 1.29 is 18.3 Å². The molecule has 0 aromatic heterocycles. The molecule has 0 aliphatic rings. The highest BCUT2D eigenvalue weighted by Crippen LogP contribution is 2.12. The van der Waals surface area contributed by atoms with Crippen molar-refractivity contribution in [3.05, 3.63) is 29.8 Å². The Morgan fingerprint density at radius 2 is 1.95 bits per heavy atom. The topological polar surface area (TPSA) is 75.6 Å². The minimum atomic E-state index is -3.51. The number of aliphatic hydroxyl groups is 1. The maximum atomic E-state index is 12.1. The summed E-state index contributed by atoms with van der Waals surface area (Å²) in [6.45, 7) is 4.68. The minimum absolute atomic E-state index is 0.135. The summed E-state index contributed by atoms with van der Waals surface area (Å²) in [5.41, 5.74) is 1.01. The molecule has 0 saturated heterocycles. The van der Waals surface area contributed by atoms with Crippen LogP contribution in [0.2, 0.25) is 0 Å². The second kappa shape index (κ2) is 8.36. The van der Waals surface area contributed by atoms with Gasteiger partial charge in [-0.05, 0) is 44.4 Å². The molecule has 0 aliphatic heterocycles. The third kappa shape index (κ3) is 5.58. The number of sulfonamides is 1. The van der Waals surface area contributed by atoms with E-state index in [4.69, 9.17) is 9.84 Å². The van der Waals surface area contributed by atoms with Gasteiger partial charge in [0.05, 0.1) is 11.5 Å². The Morgan fingerprint density at radius 3 is 2.50 bits per heavy atom. The Morgan fingerprint density at radius 1 is 1.30 bits per heavy atom. The lowest BCUT2D eigenvalue weighted by Crippen LogP contribution is -2.35. The van der Waals surface area contributed by atoms with E-state index >= 15 is 0 Å². The average molecular weight is 301 g/mol. The first kappa shape index (κ1) is 17.1. The van der Waals surface area contributed by atoms with Crippen molar-refractivity contribution >= 4 is 10.0 Å². The predicted octanol–water partition coefficient (Wildman–Crippen LogP) is 1.31. The molecule has 0 radical (unpaired) electrons. The first-order valence-electron chi connectivity index (χ1n) is 6.79. The van der Waals surface area contributed by atoms with Gasteiger partial charge in [0.25, 0.3) is 0 Å². The van der Waals surface area contributed by atoms with Crippen LogP contribution in [0.3, 0.4) is 0 Å². The summed E-state index contributed by atoms with van der Waals surface area (Å²) < 4.78 is 32.0. The molecular formula is C14H23NO4S. The number of hydrogen-bond donors (Lipinski definition) is 2. The van der Waals surface area contributed by atoms with Crippen LogP contribution in [0.15, 0.2) is 29.2 Å². The molecule has 0 bridgehead atoms. The number of aliphatic hydroxyl groups excluding tert-OH is 1. The van der Waals surface area contributed by atoms with Crippen LogP contribution < -0.4 is 4.72 Å². The van der Waals surface area contributed by atoms with Gasteiger partial charge in [-0.1, -0.05) is 12.1 Å². The molecule has 5 nitrogen and oxygen atoms in total. The van der Waals surface area contributed by atoms with Crippen molar-refractivity contribution in [2.75, 3.05) is 19.8 Å². The Bertz CT molecular complexity index is 484. The van der Waals surface area contributed by atoms with Crippen LogP contribution in [0, 0.1) is 0 Å². The summed E-state index contributed by atoms with van der Waals surface area (Å²) in [7, 11) is -3.51. The van der Waals surface area contributed by atoms with Gasteiger partial charge < -0.3 is 9.84 Å². The van der Waals surface area contributed by atoms with E-state index in [1.807, 2.05) is 6.92 Å². The second-order valence-electron chi connectivity index (χ2n) is 4.65. The Labute approximate surface area is 121 Å². The lowest BCUT2D eigenvalue weighted by Gasteiger charge is -2.14. The van der Waals surface area contributed by atoms with Crippen LogP contribution in [-0.2, 0) is 21.2 Å². The number of rotatable bonds is 9. The van der Waals surface area contributed by atoms with Gasteiger partial charge in [0, 0.05) is 19.3 Å². The summed E-state index contributed by atoms with van der Waals surface area (Å²) >= 11 is 0. The van der Waals surface area contributed by atoms with Crippen LogP contribution in [0.1, 0.15) is 25.8 Å². The molecule has 1 rings (SSSR count). The fraction of sp³-hybridized carbons (Fsp3) is 0.571. The summed E-state index contributed by atoms with van der Waals surface area (Å²) in [5.74, 6) is 0. The number of aryl methyl sites for hydroxylation is 1. The summed E-state index contributed by atoms with van der Waals surface area (Å²) in [4.78, 5) is 0.244. The molecule has 2 N–H and O–H groups in total. The summed E-state index contributed by atoms with van der Waals surface area (Å²) in [5, 5.41) is 8.76. The molecule has 1 unspecified atom stereocenters. The van der Waals surface area contributed by atoms with Gasteiger partial charge in [-0.15, -0.1) is 0 Å². The fourth-order valence-electron chi connectivity index (χ4n) is 1.78. The number of hydrogen-bond acceptors (Lipinski definition) is 4. The fourth-order valence-corrected chi connectivity index (χ4v) is 3.01. The Kier molecular flexibility index (Phi) is 7.15. The largest absolute Gasteiger partial charge is 0.396 e. The average Bonchev–Trinajstić information content (AvgIpc) is 2.43. The van der Waals surface area contributed by atoms with E-state index in [-0.39, 0.29) is 17.5 Å². The molecule has 20 heavy (non-hydrogen) atoms. The lowest BCUT2D eigenvalue weighted by molar-refractivity contribution is 0.133. The van der Waals surface area contributed by atoms with Crippen molar-refractivity contribution in [3.63, 3.8) is 0 Å². The van der Waals surface area contributed by atoms with Crippen LogP contribution in [-0.4, -0.2) is 39.4 Å². The minimum Gasteiger partial charge on any atom is -0.396 e. The molecule has 1 atom stereocenters. The van der Waals surface area contributed by atoms with E-state index in [1.165, 1.54) is 0 Å².